The molecule has 2 aliphatic rings. The summed E-state index contributed by atoms with van der Waals surface area (Å²) in [5.74, 6) is 5.46. The molecule has 1 N–H and O–H groups in total. The van der Waals surface area contributed by atoms with Gasteiger partial charge < -0.3 is 4.74 Å². The fraction of sp³-hybridized carbons (Fsp3) is 0.500. The van der Waals surface area contributed by atoms with E-state index < -0.39 is 11.9 Å². The number of aryl methyl sites for hydroxylation is 1. The molecule has 1 atom stereocenters. The maximum Gasteiger partial charge on any atom is 0.329 e. The van der Waals surface area contributed by atoms with Crippen molar-refractivity contribution in [2.24, 2.45) is 7.05 Å². The number of benzene rings is 1. The van der Waals surface area contributed by atoms with Gasteiger partial charge in [-0.25, -0.2) is 4.79 Å². The maximum absolute atomic E-state index is 12.9. The number of rotatable bonds is 3. The van der Waals surface area contributed by atoms with Crippen LogP contribution in [0.3, 0.4) is 0 Å². The number of amides is 2. The van der Waals surface area contributed by atoms with Gasteiger partial charge in [0.25, 0.3) is 0 Å². The lowest BCUT2D eigenvalue weighted by Gasteiger charge is -2.21. The summed E-state index contributed by atoms with van der Waals surface area (Å²) >= 11 is 0. The van der Waals surface area contributed by atoms with Crippen LogP contribution in [0.25, 0.3) is 11.0 Å². The van der Waals surface area contributed by atoms with Gasteiger partial charge in [0.2, 0.25) is 11.8 Å². The van der Waals surface area contributed by atoms with Gasteiger partial charge in [0.1, 0.15) is 12.6 Å². The molecular formula is C22H25N3O4. The zero-order valence-electron chi connectivity index (χ0n) is 16.6. The third-order valence-electron chi connectivity index (χ3n) is 5.79. The fourth-order valence-electron chi connectivity index (χ4n) is 4.29. The van der Waals surface area contributed by atoms with Gasteiger partial charge in [0, 0.05) is 13.5 Å². The highest BCUT2D eigenvalue weighted by atomic mass is 16.5. The van der Waals surface area contributed by atoms with E-state index in [9.17, 15) is 14.4 Å². The summed E-state index contributed by atoms with van der Waals surface area (Å²) in [6.45, 7) is 0.364. The van der Waals surface area contributed by atoms with E-state index in [0.717, 1.165) is 18.4 Å². The minimum Gasteiger partial charge on any atom is -0.366 e. The van der Waals surface area contributed by atoms with Gasteiger partial charge in [-0.1, -0.05) is 37.2 Å². The molecule has 1 saturated carbocycles. The first-order valence-electron chi connectivity index (χ1n) is 10.2. The van der Waals surface area contributed by atoms with Crippen LogP contribution in [0.4, 0.5) is 0 Å². The van der Waals surface area contributed by atoms with E-state index in [1.807, 2.05) is 18.2 Å². The maximum atomic E-state index is 12.9. The molecule has 152 valence electrons. The van der Waals surface area contributed by atoms with Crippen molar-refractivity contribution in [3.05, 3.63) is 34.2 Å². The number of aromatic nitrogens is 2. The second-order valence-electron chi connectivity index (χ2n) is 7.72. The summed E-state index contributed by atoms with van der Waals surface area (Å²) in [5, 5.41) is 2.33. The Hall–Kier alpha value is -2.85. The van der Waals surface area contributed by atoms with Gasteiger partial charge in [0.05, 0.1) is 22.7 Å². The Kier molecular flexibility index (Phi) is 5.54. The molecule has 2 fully saturated rings. The molecule has 7 nitrogen and oxygen atoms in total. The summed E-state index contributed by atoms with van der Waals surface area (Å²) in [5.41, 5.74) is 1.77. The number of hydrogen-bond acceptors (Lipinski definition) is 4. The van der Waals surface area contributed by atoms with Gasteiger partial charge in [0.15, 0.2) is 0 Å². The van der Waals surface area contributed by atoms with E-state index in [1.54, 1.807) is 7.05 Å². The molecule has 4 rings (SSSR count). The highest BCUT2D eigenvalue weighted by Crippen LogP contribution is 2.24. The van der Waals surface area contributed by atoms with Crippen LogP contribution in [0.1, 0.15) is 56.6 Å². The van der Waals surface area contributed by atoms with Crippen molar-refractivity contribution >= 4 is 22.8 Å². The van der Waals surface area contributed by atoms with Crippen LogP contribution in [-0.4, -0.2) is 33.7 Å². The van der Waals surface area contributed by atoms with Crippen molar-refractivity contribution in [3.8, 4) is 11.8 Å². The Bertz CT molecular complexity index is 1060. The molecule has 1 aliphatic carbocycles. The van der Waals surface area contributed by atoms with Gasteiger partial charge in [-0.15, -0.1) is 0 Å². The van der Waals surface area contributed by atoms with E-state index in [2.05, 4.69) is 17.2 Å². The first-order chi connectivity index (χ1) is 14.1. The van der Waals surface area contributed by atoms with Crippen molar-refractivity contribution in [3.63, 3.8) is 0 Å². The Morgan fingerprint density at radius 3 is 2.69 bits per heavy atom. The summed E-state index contributed by atoms with van der Waals surface area (Å²) in [6.07, 6.45) is 6.74. The highest BCUT2D eigenvalue weighted by Gasteiger charge is 2.31. The Morgan fingerprint density at radius 2 is 1.93 bits per heavy atom. The van der Waals surface area contributed by atoms with Gasteiger partial charge >= 0.3 is 5.69 Å². The van der Waals surface area contributed by atoms with Crippen LogP contribution in [0.5, 0.6) is 0 Å². The van der Waals surface area contributed by atoms with Crippen LogP contribution < -0.4 is 11.0 Å². The van der Waals surface area contributed by atoms with Crippen LogP contribution in [0.2, 0.25) is 0 Å². The third-order valence-corrected chi connectivity index (χ3v) is 5.79. The van der Waals surface area contributed by atoms with Gasteiger partial charge in [-0.3, -0.25) is 24.0 Å². The average Bonchev–Trinajstić information content (AvgIpc) is 2.98. The second-order valence-corrected chi connectivity index (χ2v) is 7.72. The van der Waals surface area contributed by atoms with Crippen LogP contribution in [0.15, 0.2) is 23.0 Å². The topological polar surface area (TPSA) is 82.3 Å². The Labute approximate surface area is 169 Å². The number of ether oxygens (including phenoxy) is 1. The Balaban J connectivity index is 1.62. The predicted molar refractivity (Wildman–Crippen MR) is 108 cm³/mol. The molecule has 7 heteroatoms. The zero-order chi connectivity index (χ0) is 20.4. The molecule has 0 spiro atoms. The minimum atomic E-state index is -0.693. The van der Waals surface area contributed by atoms with E-state index in [0.29, 0.717) is 30.2 Å². The number of nitrogens with zero attached hydrogens (tertiary/aromatic N) is 2. The number of carbonyl (C=O) groups is 2. The first-order valence-corrected chi connectivity index (χ1v) is 10.2. The summed E-state index contributed by atoms with van der Waals surface area (Å²) < 4.78 is 8.85. The number of para-hydroxylation sites is 1. The quantitative estimate of drug-likeness (QED) is 0.637. The number of imidazole rings is 1. The number of nitrogens with one attached hydrogen (secondary N) is 1. The van der Waals surface area contributed by atoms with Crippen molar-refractivity contribution in [1.29, 1.82) is 0 Å². The molecule has 1 aromatic heterocycles. The van der Waals surface area contributed by atoms with Crippen molar-refractivity contribution in [2.75, 3.05) is 6.61 Å². The lowest BCUT2D eigenvalue weighted by molar-refractivity contribution is -0.135. The number of carbonyl (C=O) groups excluding carboxylic acids is 2. The lowest BCUT2D eigenvalue weighted by Crippen LogP contribution is -2.44. The average molecular weight is 395 g/mol. The smallest absolute Gasteiger partial charge is 0.329 e. The standard InChI is InChI=1S/C22H25N3O4/c1-24-20-15(8-6-14-29-16-9-3-2-4-10-16)7-5-11-17(20)25(22(24)28)18-12-13-19(26)23-21(18)27/h5,7,11,16,18H,2-4,9-10,12-14H2,1H3,(H,23,26,27). The number of piperidine rings is 1. The molecule has 1 aliphatic heterocycles. The normalized spacial score (nSPS) is 20.4. The van der Waals surface area contributed by atoms with E-state index in [1.165, 1.54) is 28.4 Å². The number of hydrogen-bond donors (Lipinski definition) is 1. The minimum absolute atomic E-state index is 0.219. The SMILES string of the molecule is Cn1c(=O)n(C2CCC(=O)NC2=O)c2cccc(C#CCOC3CCCCC3)c21. The molecule has 29 heavy (non-hydrogen) atoms. The van der Waals surface area contributed by atoms with Crippen LogP contribution in [-0.2, 0) is 21.4 Å². The van der Waals surface area contributed by atoms with Crippen molar-refractivity contribution in [2.45, 2.75) is 57.1 Å². The molecular weight excluding hydrogens is 370 g/mol. The molecule has 1 saturated heterocycles. The molecule has 1 unspecified atom stereocenters. The number of imide groups is 1. The second kappa shape index (κ2) is 8.26. The van der Waals surface area contributed by atoms with E-state index in [-0.39, 0.29) is 18.0 Å². The van der Waals surface area contributed by atoms with E-state index >= 15 is 0 Å². The van der Waals surface area contributed by atoms with Crippen molar-refractivity contribution < 1.29 is 14.3 Å². The van der Waals surface area contributed by atoms with Crippen LogP contribution >= 0.6 is 0 Å². The zero-order valence-corrected chi connectivity index (χ0v) is 16.6. The van der Waals surface area contributed by atoms with E-state index in [4.69, 9.17) is 4.74 Å². The summed E-state index contributed by atoms with van der Waals surface area (Å²) in [4.78, 5) is 36.7. The Morgan fingerprint density at radius 1 is 1.14 bits per heavy atom. The van der Waals surface area contributed by atoms with Crippen LogP contribution in [0, 0.1) is 11.8 Å². The first kappa shape index (κ1) is 19.5. The molecule has 2 amide bonds. The fourth-order valence-corrected chi connectivity index (χ4v) is 4.29. The lowest BCUT2D eigenvalue weighted by atomic mass is 9.98. The summed E-state index contributed by atoms with van der Waals surface area (Å²) in [7, 11) is 1.68. The molecule has 0 radical (unpaired) electrons. The molecule has 0 bridgehead atoms. The van der Waals surface area contributed by atoms with Gasteiger partial charge in [-0.05, 0) is 31.4 Å². The summed E-state index contributed by atoms with van der Waals surface area (Å²) in [6, 6.07) is 4.81. The monoisotopic (exact) mass is 395 g/mol. The van der Waals surface area contributed by atoms with Gasteiger partial charge in [-0.2, -0.15) is 0 Å². The number of fused-ring (bicyclic) bond motifs is 1. The predicted octanol–water partition coefficient (Wildman–Crippen LogP) is 2.02. The third kappa shape index (κ3) is 3.85. The highest BCUT2D eigenvalue weighted by molar-refractivity contribution is 6.00. The molecule has 1 aromatic carbocycles. The largest absolute Gasteiger partial charge is 0.366 e. The molecule has 2 heterocycles. The molecule has 2 aromatic rings. The van der Waals surface area contributed by atoms with Crippen molar-refractivity contribution in [1.82, 2.24) is 14.5 Å².